The number of nitrogens with zero attached hydrogens (tertiary/aromatic N) is 2. The first-order chi connectivity index (χ1) is 6.51. The zero-order chi connectivity index (χ0) is 10.6. The Morgan fingerprint density at radius 2 is 1.93 bits per heavy atom. The molecule has 0 atom stereocenters. The van der Waals surface area contributed by atoms with E-state index in [1.807, 2.05) is 6.92 Å². The largest absolute Gasteiger partial charge is 0.477 e. The molecule has 2 N–H and O–H groups in total. The Kier molecular flexibility index (Phi) is 3.77. The van der Waals surface area contributed by atoms with E-state index >= 15 is 0 Å². The Hall–Kier alpha value is -0.750. The van der Waals surface area contributed by atoms with Crippen molar-refractivity contribution in [3.8, 4) is 11.8 Å². The van der Waals surface area contributed by atoms with Gasteiger partial charge >= 0.3 is 6.72 Å². The number of hydrogen-bond donors (Lipinski definition) is 2. The van der Waals surface area contributed by atoms with E-state index in [1.54, 1.807) is 0 Å². The minimum Gasteiger partial charge on any atom is -0.477 e. The van der Waals surface area contributed by atoms with Gasteiger partial charge in [-0.05, 0) is 6.92 Å². The van der Waals surface area contributed by atoms with Crippen molar-refractivity contribution in [3.63, 3.8) is 0 Å². The maximum atomic E-state index is 8.80. The lowest BCUT2D eigenvalue weighted by molar-refractivity contribution is 0.318. The van der Waals surface area contributed by atoms with Crippen LogP contribution in [0, 0.1) is 0 Å². The van der Waals surface area contributed by atoms with Crippen LogP contribution in [0.4, 0.5) is 0 Å². The molecule has 78 valence electrons. The van der Waals surface area contributed by atoms with Crippen molar-refractivity contribution in [1.29, 1.82) is 0 Å². The molecule has 0 saturated heterocycles. The van der Waals surface area contributed by atoms with E-state index in [0.29, 0.717) is 12.5 Å². The monoisotopic (exact) mass is 236 g/mol. The minimum atomic E-state index is -3.73. The summed E-state index contributed by atoms with van der Waals surface area (Å²) in [4.78, 5) is 17.6. The third-order valence-corrected chi connectivity index (χ3v) is 1.77. The van der Waals surface area contributed by atoms with E-state index in [9.17, 15) is 0 Å². The van der Waals surface area contributed by atoms with Crippen LogP contribution in [-0.4, -0.2) is 26.6 Å². The van der Waals surface area contributed by atoms with Crippen molar-refractivity contribution in [2.45, 2.75) is 6.92 Å². The molecule has 1 heterocycles. The summed E-state index contributed by atoms with van der Waals surface area (Å²) in [6, 6.07) is 2.89. The second kappa shape index (κ2) is 4.65. The molecule has 0 aliphatic heterocycles. The predicted molar refractivity (Wildman–Crippen MR) is 52.6 cm³/mol. The van der Waals surface area contributed by atoms with E-state index < -0.39 is 6.72 Å². The van der Waals surface area contributed by atoms with E-state index in [4.69, 9.17) is 14.5 Å². The average molecular weight is 236 g/mol. The summed E-state index contributed by atoms with van der Waals surface area (Å²) in [5, 5.41) is 7.13. The molecule has 0 saturated carbocycles. The fourth-order valence-electron chi connectivity index (χ4n) is 0.703. The fourth-order valence-corrected chi connectivity index (χ4v) is 1.27. The highest BCUT2D eigenvalue weighted by molar-refractivity contribution is 8.06. The predicted octanol–water partition coefficient (Wildman–Crippen LogP) is 0.463. The van der Waals surface area contributed by atoms with Crippen LogP contribution in [0.25, 0.3) is 0 Å². The Morgan fingerprint density at radius 3 is 2.36 bits per heavy atom. The molecule has 1 aromatic rings. The average Bonchev–Trinajstić information content (AvgIpc) is 2.06. The lowest BCUT2D eigenvalue weighted by Crippen LogP contribution is -1.98. The van der Waals surface area contributed by atoms with Crippen molar-refractivity contribution in [2.24, 2.45) is 0 Å². The quantitative estimate of drug-likeness (QED) is 0.734. The zero-order valence-electron chi connectivity index (χ0n) is 7.32. The summed E-state index contributed by atoms with van der Waals surface area (Å²) in [5.41, 5.74) is 0. The number of rotatable bonds is 4. The Morgan fingerprint density at radius 1 is 1.36 bits per heavy atom. The summed E-state index contributed by atoms with van der Waals surface area (Å²) in [7, 11) is 0. The van der Waals surface area contributed by atoms with Crippen LogP contribution in [-0.2, 0) is 11.8 Å². The van der Waals surface area contributed by atoms with Gasteiger partial charge in [-0.25, -0.2) is 0 Å². The second-order valence-corrected chi connectivity index (χ2v) is 4.82. The first-order valence-corrected chi connectivity index (χ1v) is 6.35. The third kappa shape index (κ3) is 3.97. The summed E-state index contributed by atoms with van der Waals surface area (Å²) in [5.74, 6) is 0.297. The molecule has 0 fully saturated rings. The molecule has 14 heavy (non-hydrogen) atoms. The van der Waals surface area contributed by atoms with Gasteiger partial charge in [0, 0.05) is 23.9 Å². The maximum absolute atomic E-state index is 8.80. The van der Waals surface area contributed by atoms with Gasteiger partial charge in [-0.2, -0.15) is 0 Å². The Balaban J connectivity index is 2.69. The molecule has 0 amide bonds. The smallest absolute Gasteiger partial charge is 0.376 e. The van der Waals surface area contributed by atoms with E-state index in [-0.39, 0.29) is 5.88 Å². The normalized spacial score (nSPS) is 11.1. The molecular weight excluding hydrogens is 227 g/mol. The SMILES string of the molecule is CCOc1ccc(OP(O)(O)=S)nn1. The Labute approximate surface area is 85.8 Å². The minimum absolute atomic E-state index is 0.0400. The van der Waals surface area contributed by atoms with Crippen LogP contribution in [0.3, 0.4) is 0 Å². The first kappa shape index (κ1) is 11.3. The second-order valence-electron chi connectivity index (χ2n) is 2.22. The van der Waals surface area contributed by atoms with Gasteiger partial charge in [-0.15, -0.1) is 10.2 Å². The fraction of sp³-hybridized carbons (Fsp3) is 0.333. The molecule has 0 aliphatic carbocycles. The standard InChI is InChI=1S/C6H9N2O4PS/c1-2-11-5-3-4-6(8-7-5)12-13(9,10)14/h3-4H,2H2,1H3,(H2,9,10,14). The molecule has 0 unspecified atom stereocenters. The summed E-state index contributed by atoms with van der Waals surface area (Å²) in [6.45, 7) is -1.44. The molecule has 0 aromatic carbocycles. The van der Waals surface area contributed by atoms with Gasteiger partial charge in [-0.3, -0.25) is 0 Å². The highest BCUT2D eigenvalue weighted by atomic mass is 32.5. The number of ether oxygens (including phenoxy) is 1. The molecule has 1 rings (SSSR count). The van der Waals surface area contributed by atoms with E-state index in [1.165, 1.54) is 12.1 Å². The van der Waals surface area contributed by atoms with Crippen molar-refractivity contribution < 1.29 is 19.0 Å². The van der Waals surface area contributed by atoms with Gasteiger partial charge in [0.1, 0.15) is 0 Å². The van der Waals surface area contributed by atoms with Gasteiger partial charge in [0.25, 0.3) is 0 Å². The molecule has 0 radical (unpaired) electrons. The molecule has 0 spiro atoms. The topological polar surface area (TPSA) is 84.7 Å². The molecule has 6 nitrogen and oxygen atoms in total. The molecule has 0 aliphatic rings. The summed E-state index contributed by atoms with van der Waals surface area (Å²) >= 11 is 4.25. The summed E-state index contributed by atoms with van der Waals surface area (Å²) in [6.07, 6.45) is 0. The van der Waals surface area contributed by atoms with E-state index in [2.05, 4.69) is 26.5 Å². The van der Waals surface area contributed by atoms with E-state index in [0.717, 1.165) is 0 Å². The zero-order valence-corrected chi connectivity index (χ0v) is 9.03. The molecule has 0 bridgehead atoms. The van der Waals surface area contributed by atoms with Gasteiger partial charge in [0.15, 0.2) is 0 Å². The van der Waals surface area contributed by atoms with Crippen LogP contribution in [0.2, 0.25) is 0 Å². The first-order valence-electron chi connectivity index (χ1n) is 3.73. The molecule has 1 aromatic heterocycles. The number of aromatic nitrogens is 2. The van der Waals surface area contributed by atoms with Crippen LogP contribution in [0.1, 0.15) is 6.92 Å². The van der Waals surface area contributed by atoms with Crippen LogP contribution >= 0.6 is 6.72 Å². The van der Waals surface area contributed by atoms with Gasteiger partial charge in [-0.1, -0.05) is 0 Å². The van der Waals surface area contributed by atoms with Crippen molar-refractivity contribution in [2.75, 3.05) is 6.61 Å². The van der Waals surface area contributed by atoms with Crippen molar-refractivity contribution in [3.05, 3.63) is 12.1 Å². The number of hydrogen-bond acceptors (Lipinski definition) is 5. The highest BCUT2D eigenvalue weighted by Gasteiger charge is 2.11. The van der Waals surface area contributed by atoms with Gasteiger partial charge < -0.3 is 19.0 Å². The van der Waals surface area contributed by atoms with Crippen LogP contribution in [0.5, 0.6) is 11.8 Å². The van der Waals surface area contributed by atoms with Gasteiger partial charge in [0.2, 0.25) is 11.8 Å². The maximum Gasteiger partial charge on any atom is 0.376 e. The Bertz CT molecular complexity index is 338. The van der Waals surface area contributed by atoms with Crippen molar-refractivity contribution >= 4 is 18.5 Å². The van der Waals surface area contributed by atoms with Crippen molar-refractivity contribution in [1.82, 2.24) is 10.2 Å². The molecular formula is C6H9N2O4PS. The lowest BCUT2D eigenvalue weighted by atomic mass is 10.5. The van der Waals surface area contributed by atoms with Crippen LogP contribution in [0.15, 0.2) is 12.1 Å². The lowest BCUT2D eigenvalue weighted by Gasteiger charge is -2.08. The third-order valence-electron chi connectivity index (χ3n) is 1.12. The highest BCUT2D eigenvalue weighted by Crippen LogP contribution is 2.36. The van der Waals surface area contributed by atoms with Gasteiger partial charge in [0.05, 0.1) is 6.61 Å². The molecule has 8 heteroatoms. The van der Waals surface area contributed by atoms with Crippen LogP contribution < -0.4 is 9.26 Å². The summed E-state index contributed by atoms with van der Waals surface area (Å²) < 4.78 is 9.56.